The van der Waals surface area contributed by atoms with Crippen molar-refractivity contribution in [3.05, 3.63) is 0 Å². The molecule has 0 bridgehead atoms. The fraction of sp³-hybridized carbons (Fsp3) is 1.00. The molecule has 0 spiro atoms. The van der Waals surface area contributed by atoms with E-state index in [-0.39, 0.29) is 0 Å². The zero-order valence-electron chi connectivity index (χ0n) is 8.45. The van der Waals surface area contributed by atoms with Crippen LogP contribution < -0.4 is 5.73 Å². The van der Waals surface area contributed by atoms with Crippen molar-refractivity contribution in [3.8, 4) is 0 Å². The third-order valence-electron chi connectivity index (χ3n) is 2.62. The maximum absolute atomic E-state index is 5.79. The molecule has 2 N–H and O–H groups in total. The van der Waals surface area contributed by atoms with Gasteiger partial charge in [0.15, 0.2) is 0 Å². The quantitative estimate of drug-likeness (QED) is 0.633. The largest absolute Gasteiger partial charge is 0.328 e. The number of piperazine rings is 1. The molecule has 1 heterocycles. The van der Waals surface area contributed by atoms with E-state index in [1.165, 1.54) is 13.1 Å². The van der Waals surface area contributed by atoms with E-state index in [2.05, 4.69) is 30.8 Å². The molecule has 0 aliphatic carbocycles. The molecule has 1 unspecified atom stereocenters. The molecule has 0 radical (unpaired) electrons. The normalized spacial score (nSPS) is 30.5. The molecule has 1 rings (SSSR count). The topological polar surface area (TPSA) is 32.5 Å². The van der Waals surface area contributed by atoms with Crippen LogP contribution in [0.5, 0.6) is 0 Å². The van der Waals surface area contributed by atoms with Crippen molar-refractivity contribution >= 4 is 0 Å². The van der Waals surface area contributed by atoms with E-state index >= 15 is 0 Å². The molecule has 0 saturated carbocycles. The van der Waals surface area contributed by atoms with Crippen LogP contribution in [0, 0.1) is 0 Å². The number of likely N-dealkylation sites (N-methyl/N-ethyl adjacent to an activating group) is 2. The maximum Gasteiger partial charge on any atom is 0.0235 e. The van der Waals surface area contributed by atoms with Gasteiger partial charge in [-0.1, -0.05) is 0 Å². The van der Waals surface area contributed by atoms with Gasteiger partial charge in [-0.05, 0) is 27.4 Å². The summed E-state index contributed by atoms with van der Waals surface area (Å²) in [6.07, 6.45) is 1.11. The van der Waals surface area contributed by atoms with E-state index in [1.807, 2.05) is 0 Å². The van der Waals surface area contributed by atoms with E-state index in [1.54, 1.807) is 0 Å². The molecule has 1 saturated heterocycles. The Bertz CT molecular complexity index is 134. The molecule has 2 atom stereocenters. The number of rotatable bonds is 2. The van der Waals surface area contributed by atoms with Crippen molar-refractivity contribution in [1.29, 1.82) is 0 Å². The van der Waals surface area contributed by atoms with Crippen LogP contribution in [0.2, 0.25) is 0 Å². The van der Waals surface area contributed by atoms with Gasteiger partial charge in [-0.25, -0.2) is 0 Å². The average Bonchev–Trinajstić information content (AvgIpc) is 1.96. The fourth-order valence-corrected chi connectivity index (χ4v) is 1.79. The van der Waals surface area contributed by atoms with E-state index in [4.69, 9.17) is 5.73 Å². The van der Waals surface area contributed by atoms with Crippen LogP contribution in [-0.4, -0.2) is 55.6 Å². The first kappa shape index (κ1) is 9.96. The molecule has 3 nitrogen and oxygen atoms in total. The predicted molar refractivity (Wildman–Crippen MR) is 52.2 cm³/mol. The Morgan fingerprint density at radius 3 is 2.67 bits per heavy atom. The van der Waals surface area contributed by atoms with Crippen molar-refractivity contribution in [2.45, 2.75) is 25.4 Å². The zero-order chi connectivity index (χ0) is 9.14. The van der Waals surface area contributed by atoms with Gasteiger partial charge in [-0.15, -0.1) is 0 Å². The minimum absolute atomic E-state index is 0.323. The van der Waals surface area contributed by atoms with Crippen molar-refractivity contribution in [2.75, 3.05) is 33.7 Å². The summed E-state index contributed by atoms with van der Waals surface area (Å²) in [5.74, 6) is 0. The lowest BCUT2D eigenvalue weighted by atomic mass is 10.1. The fourth-order valence-electron chi connectivity index (χ4n) is 1.79. The zero-order valence-corrected chi connectivity index (χ0v) is 8.45. The monoisotopic (exact) mass is 171 g/mol. The number of nitrogens with two attached hydrogens (primary N) is 1. The van der Waals surface area contributed by atoms with E-state index < -0.39 is 0 Å². The third kappa shape index (κ3) is 2.73. The average molecular weight is 171 g/mol. The standard InChI is InChI=1S/C9H21N3/c1-8(10)6-9-7-11(2)4-5-12(9)3/h8-9H,4-7,10H2,1-3H3/t8-,9?/m0/s1. The Hall–Kier alpha value is -0.120. The minimum atomic E-state index is 0.323. The summed E-state index contributed by atoms with van der Waals surface area (Å²) in [5, 5.41) is 0. The number of nitrogens with zero attached hydrogens (tertiary/aromatic N) is 2. The molecule has 0 aromatic carbocycles. The number of hydrogen-bond acceptors (Lipinski definition) is 3. The highest BCUT2D eigenvalue weighted by Gasteiger charge is 2.22. The van der Waals surface area contributed by atoms with Crippen LogP contribution in [-0.2, 0) is 0 Å². The van der Waals surface area contributed by atoms with Crippen molar-refractivity contribution < 1.29 is 0 Å². The molecule has 0 aromatic heterocycles. The van der Waals surface area contributed by atoms with Gasteiger partial charge >= 0.3 is 0 Å². The van der Waals surface area contributed by atoms with Gasteiger partial charge in [0.1, 0.15) is 0 Å². The van der Waals surface area contributed by atoms with Gasteiger partial charge in [0.25, 0.3) is 0 Å². The summed E-state index contributed by atoms with van der Waals surface area (Å²) < 4.78 is 0. The summed E-state index contributed by atoms with van der Waals surface area (Å²) >= 11 is 0. The molecule has 12 heavy (non-hydrogen) atoms. The second-order valence-electron chi connectivity index (χ2n) is 4.11. The molecule has 3 heteroatoms. The highest BCUT2D eigenvalue weighted by Crippen LogP contribution is 2.10. The predicted octanol–water partition coefficient (Wildman–Crippen LogP) is -0.0305. The Labute approximate surface area is 75.5 Å². The Morgan fingerprint density at radius 1 is 1.42 bits per heavy atom. The number of hydrogen-bond donors (Lipinski definition) is 1. The summed E-state index contributed by atoms with van der Waals surface area (Å²) in [7, 11) is 4.38. The first-order valence-corrected chi connectivity index (χ1v) is 4.74. The lowest BCUT2D eigenvalue weighted by Crippen LogP contribution is -2.51. The molecule has 0 aromatic rings. The summed E-state index contributed by atoms with van der Waals surface area (Å²) in [6, 6.07) is 0.979. The van der Waals surface area contributed by atoms with Gasteiger partial charge < -0.3 is 15.5 Å². The Morgan fingerprint density at radius 2 is 2.08 bits per heavy atom. The van der Waals surface area contributed by atoms with E-state index in [0.29, 0.717) is 12.1 Å². The van der Waals surface area contributed by atoms with Crippen LogP contribution in [0.1, 0.15) is 13.3 Å². The lowest BCUT2D eigenvalue weighted by molar-refractivity contribution is 0.105. The Kier molecular flexibility index (Phi) is 3.50. The van der Waals surface area contributed by atoms with E-state index in [0.717, 1.165) is 13.0 Å². The van der Waals surface area contributed by atoms with Gasteiger partial charge in [-0.2, -0.15) is 0 Å². The van der Waals surface area contributed by atoms with Crippen molar-refractivity contribution in [2.24, 2.45) is 5.73 Å². The molecule has 0 amide bonds. The SMILES string of the molecule is C[C@H](N)CC1CN(C)CCN1C. The summed E-state index contributed by atoms with van der Waals surface area (Å²) in [4.78, 5) is 4.80. The molecular weight excluding hydrogens is 150 g/mol. The summed E-state index contributed by atoms with van der Waals surface area (Å²) in [6.45, 7) is 5.61. The molecule has 1 aliphatic heterocycles. The van der Waals surface area contributed by atoms with Crippen LogP contribution in [0.3, 0.4) is 0 Å². The third-order valence-corrected chi connectivity index (χ3v) is 2.62. The highest BCUT2D eigenvalue weighted by molar-refractivity contribution is 4.80. The molecule has 72 valence electrons. The van der Waals surface area contributed by atoms with Crippen LogP contribution in [0.4, 0.5) is 0 Å². The second kappa shape index (κ2) is 4.21. The van der Waals surface area contributed by atoms with Gasteiger partial charge in [0.2, 0.25) is 0 Å². The van der Waals surface area contributed by atoms with Crippen LogP contribution >= 0.6 is 0 Å². The van der Waals surface area contributed by atoms with Gasteiger partial charge in [-0.3, -0.25) is 0 Å². The Balaban J connectivity index is 2.38. The molecule has 1 fully saturated rings. The smallest absolute Gasteiger partial charge is 0.0235 e. The van der Waals surface area contributed by atoms with Gasteiger partial charge in [0.05, 0.1) is 0 Å². The maximum atomic E-state index is 5.79. The second-order valence-corrected chi connectivity index (χ2v) is 4.11. The van der Waals surface area contributed by atoms with E-state index in [9.17, 15) is 0 Å². The first-order valence-electron chi connectivity index (χ1n) is 4.74. The minimum Gasteiger partial charge on any atom is -0.328 e. The van der Waals surface area contributed by atoms with Crippen LogP contribution in [0.15, 0.2) is 0 Å². The molecular formula is C9H21N3. The highest BCUT2D eigenvalue weighted by atomic mass is 15.3. The van der Waals surface area contributed by atoms with Crippen LogP contribution in [0.25, 0.3) is 0 Å². The van der Waals surface area contributed by atoms with Crippen molar-refractivity contribution in [1.82, 2.24) is 9.80 Å². The van der Waals surface area contributed by atoms with Gasteiger partial charge in [0, 0.05) is 31.7 Å². The van der Waals surface area contributed by atoms with Crippen molar-refractivity contribution in [3.63, 3.8) is 0 Å². The summed E-state index contributed by atoms with van der Waals surface area (Å²) in [5.41, 5.74) is 5.79. The lowest BCUT2D eigenvalue weighted by Gasteiger charge is -2.38. The molecule has 1 aliphatic rings. The first-order chi connectivity index (χ1) is 5.59.